The van der Waals surface area contributed by atoms with E-state index < -0.39 is 26.1 Å². The van der Waals surface area contributed by atoms with Crippen LogP contribution in [0.15, 0.2) is 40.8 Å². The van der Waals surface area contributed by atoms with Gasteiger partial charge in [-0.25, -0.2) is 4.98 Å². The number of aromatic nitrogens is 1. The van der Waals surface area contributed by atoms with Gasteiger partial charge in [-0.1, -0.05) is 0 Å². The van der Waals surface area contributed by atoms with Crippen molar-refractivity contribution in [2.75, 3.05) is 0 Å². The van der Waals surface area contributed by atoms with E-state index >= 15 is 0 Å². The molecule has 0 bridgehead atoms. The van der Waals surface area contributed by atoms with Gasteiger partial charge in [0, 0.05) is 24.3 Å². The molecule has 3 rings (SSSR count). The van der Waals surface area contributed by atoms with Crippen LogP contribution in [0.3, 0.4) is 0 Å². The van der Waals surface area contributed by atoms with Crippen LogP contribution >= 0.6 is 0 Å². The van der Waals surface area contributed by atoms with Crippen LogP contribution in [0.2, 0.25) is 0 Å². The Bertz CT molecular complexity index is 978. The van der Waals surface area contributed by atoms with Crippen LogP contribution in [-0.2, 0) is 0 Å². The summed E-state index contributed by atoms with van der Waals surface area (Å²) in [5.41, 5.74) is -0.792. The van der Waals surface area contributed by atoms with E-state index in [9.17, 15) is 30.3 Å². The van der Waals surface area contributed by atoms with Crippen molar-refractivity contribution in [2.24, 2.45) is 0 Å². The Kier molecular flexibility index (Phi) is 3.37. The van der Waals surface area contributed by atoms with Crippen LogP contribution in [0.1, 0.15) is 0 Å². The minimum atomic E-state index is -0.774. The number of nitro benzene ring substituents is 3. The summed E-state index contributed by atoms with van der Waals surface area (Å²) in [5, 5.41) is 32.6. The topological polar surface area (TPSA) is 155 Å². The lowest BCUT2D eigenvalue weighted by Crippen LogP contribution is -1.93. The molecule has 0 fully saturated rings. The smallest absolute Gasteiger partial charge is 0.277 e. The van der Waals surface area contributed by atoms with Crippen LogP contribution in [0.25, 0.3) is 22.6 Å². The van der Waals surface area contributed by atoms with Gasteiger partial charge >= 0.3 is 0 Å². The number of hydrogen-bond donors (Lipinski definition) is 0. The molecule has 24 heavy (non-hydrogen) atoms. The monoisotopic (exact) mass is 330 g/mol. The maximum Gasteiger partial charge on any atom is 0.277 e. The van der Waals surface area contributed by atoms with E-state index in [0.717, 1.165) is 18.2 Å². The first-order chi connectivity index (χ1) is 11.3. The van der Waals surface area contributed by atoms with Gasteiger partial charge in [-0.2, -0.15) is 0 Å². The number of non-ortho nitro benzene ring substituents is 3. The van der Waals surface area contributed by atoms with E-state index in [4.69, 9.17) is 4.42 Å². The Labute approximate surface area is 131 Å². The van der Waals surface area contributed by atoms with E-state index in [1.165, 1.54) is 18.2 Å². The first-order valence-electron chi connectivity index (χ1n) is 6.34. The summed E-state index contributed by atoms with van der Waals surface area (Å²) in [6.07, 6.45) is 0. The zero-order chi connectivity index (χ0) is 17.4. The Morgan fingerprint density at radius 1 is 0.792 bits per heavy atom. The maximum absolute atomic E-state index is 10.9. The summed E-state index contributed by atoms with van der Waals surface area (Å²) in [6, 6.07) is 6.69. The third kappa shape index (κ3) is 2.61. The lowest BCUT2D eigenvalue weighted by atomic mass is 10.1. The molecule has 11 nitrogen and oxygen atoms in total. The number of fused-ring (bicyclic) bond motifs is 1. The largest absolute Gasteiger partial charge is 0.436 e. The van der Waals surface area contributed by atoms with E-state index in [1.54, 1.807) is 0 Å². The molecule has 11 heteroatoms. The number of rotatable bonds is 4. The van der Waals surface area contributed by atoms with Crippen molar-refractivity contribution in [1.29, 1.82) is 0 Å². The van der Waals surface area contributed by atoms with Crippen LogP contribution in [0.4, 0.5) is 17.1 Å². The molecule has 0 N–H and O–H groups in total. The molecule has 0 spiro atoms. The highest BCUT2D eigenvalue weighted by molar-refractivity contribution is 5.79. The molecule has 120 valence electrons. The van der Waals surface area contributed by atoms with Crippen molar-refractivity contribution in [2.45, 2.75) is 0 Å². The van der Waals surface area contributed by atoms with Crippen LogP contribution in [-0.4, -0.2) is 19.8 Å². The van der Waals surface area contributed by atoms with Gasteiger partial charge in [0.2, 0.25) is 5.89 Å². The van der Waals surface area contributed by atoms with Crippen LogP contribution in [0.5, 0.6) is 0 Å². The lowest BCUT2D eigenvalue weighted by molar-refractivity contribution is -0.394. The number of nitro groups is 3. The Morgan fingerprint density at radius 2 is 1.38 bits per heavy atom. The molecule has 0 saturated carbocycles. The zero-order valence-electron chi connectivity index (χ0n) is 11.6. The minimum absolute atomic E-state index is 0.0229. The average Bonchev–Trinajstić information content (AvgIpc) is 2.97. The molecule has 0 radical (unpaired) electrons. The summed E-state index contributed by atoms with van der Waals surface area (Å²) in [4.78, 5) is 34.4. The Morgan fingerprint density at radius 3 is 1.92 bits per heavy atom. The fourth-order valence-electron chi connectivity index (χ4n) is 2.08. The number of hydrogen-bond acceptors (Lipinski definition) is 8. The molecule has 0 amide bonds. The normalized spacial score (nSPS) is 10.7. The molecule has 1 aromatic heterocycles. The molecule has 0 aliphatic rings. The summed E-state index contributed by atoms with van der Waals surface area (Å²) >= 11 is 0. The van der Waals surface area contributed by atoms with Gasteiger partial charge in [-0.15, -0.1) is 0 Å². The van der Waals surface area contributed by atoms with Crippen molar-refractivity contribution in [3.8, 4) is 11.5 Å². The molecule has 3 aromatic rings. The zero-order valence-corrected chi connectivity index (χ0v) is 11.6. The molecule has 2 aromatic carbocycles. The van der Waals surface area contributed by atoms with Crippen molar-refractivity contribution < 1.29 is 19.2 Å². The summed E-state index contributed by atoms with van der Waals surface area (Å²) in [7, 11) is 0. The van der Waals surface area contributed by atoms with Gasteiger partial charge in [0.05, 0.1) is 26.4 Å². The highest BCUT2D eigenvalue weighted by Crippen LogP contribution is 2.32. The molecule has 0 aliphatic heterocycles. The van der Waals surface area contributed by atoms with Crippen molar-refractivity contribution in [3.63, 3.8) is 0 Å². The molecule has 0 unspecified atom stereocenters. The highest BCUT2D eigenvalue weighted by Gasteiger charge is 2.20. The maximum atomic E-state index is 10.9. The van der Waals surface area contributed by atoms with E-state index in [0.29, 0.717) is 0 Å². The third-order valence-corrected chi connectivity index (χ3v) is 3.15. The molecule has 0 saturated heterocycles. The van der Waals surface area contributed by atoms with E-state index in [1.807, 2.05) is 0 Å². The van der Waals surface area contributed by atoms with Gasteiger partial charge in [-0.3, -0.25) is 30.3 Å². The van der Waals surface area contributed by atoms with Crippen LogP contribution < -0.4 is 0 Å². The number of benzene rings is 2. The Balaban J connectivity index is 2.17. The van der Waals surface area contributed by atoms with Gasteiger partial charge in [0.15, 0.2) is 5.58 Å². The fourth-order valence-corrected chi connectivity index (χ4v) is 2.08. The molecule has 1 heterocycles. The molecule has 0 aliphatic carbocycles. The Hall–Kier alpha value is -3.89. The predicted octanol–water partition coefficient (Wildman–Crippen LogP) is 3.22. The van der Waals surface area contributed by atoms with Crippen molar-refractivity contribution in [1.82, 2.24) is 4.98 Å². The predicted molar refractivity (Wildman–Crippen MR) is 79.4 cm³/mol. The van der Waals surface area contributed by atoms with E-state index in [2.05, 4.69) is 4.98 Å². The number of nitrogens with zero attached hydrogens (tertiary/aromatic N) is 4. The lowest BCUT2D eigenvalue weighted by Gasteiger charge is -1.97. The second-order valence-corrected chi connectivity index (χ2v) is 4.68. The average molecular weight is 330 g/mol. The molecular formula is C13H6N4O7. The second-order valence-electron chi connectivity index (χ2n) is 4.68. The van der Waals surface area contributed by atoms with Crippen molar-refractivity contribution >= 4 is 28.2 Å². The van der Waals surface area contributed by atoms with Crippen molar-refractivity contribution in [3.05, 3.63) is 66.7 Å². The second kappa shape index (κ2) is 5.39. The first-order valence-corrected chi connectivity index (χ1v) is 6.34. The van der Waals surface area contributed by atoms with Gasteiger partial charge in [-0.05, 0) is 6.07 Å². The van der Waals surface area contributed by atoms with Gasteiger partial charge in [0.25, 0.3) is 17.1 Å². The third-order valence-electron chi connectivity index (χ3n) is 3.15. The summed E-state index contributed by atoms with van der Waals surface area (Å²) < 4.78 is 5.38. The fraction of sp³-hybridized carbons (Fsp3) is 0. The van der Waals surface area contributed by atoms with E-state index in [-0.39, 0.29) is 28.2 Å². The SMILES string of the molecule is O=[N+]([O-])c1cc(-c2nc3cc([N+](=O)[O-])ccc3o2)cc([N+](=O)[O-])c1. The van der Waals surface area contributed by atoms with Crippen LogP contribution in [0, 0.1) is 30.3 Å². The summed E-state index contributed by atoms with van der Waals surface area (Å²) in [6.45, 7) is 0. The first kappa shape index (κ1) is 15.0. The molecule has 0 atom stereocenters. The quantitative estimate of drug-likeness (QED) is 0.521. The summed E-state index contributed by atoms with van der Waals surface area (Å²) in [5.74, 6) is -0.114. The van der Waals surface area contributed by atoms with Gasteiger partial charge < -0.3 is 4.42 Å². The molecular weight excluding hydrogens is 324 g/mol. The minimum Gasteiger partial charge on any atom is -0.436 e. The van der Waals surface area contributed by atoms with Gasteiger partial charge in [0.1, 0.15) is 5.52 Å². The highest BCUT2D eigenvalue weighted by atomic mass is 16.6. The standard InChI is InChI=1S/C13H6N4O7/c18-15(19)8-1-2-12-11(6-8)14-13(24-12)7-3-9(16(20)21)5-10(4-7)17(22)23/h1-6H. The number of oxazole rings is 1.